The molecule has 0 bridgehead atoms. The molecule has 2 aromatic carbocycles. The summed E-state index contributed by atoms with van der Waals surface area (Å²) < 4.78 is 5.32. The van der Waals surface area contributed by atoms with Gasteiger partial charge in [0.15, 0.2) is 6.61 Å². The van der Waals surface area contributed by atoms with Gasteiger partial charge in [-0.15, -0.1) is 11.6 Å². The number of anilines is 1. The van der Waals surface area contributed by atoms with Crippen LogP contribution >= 0.6 is 34.8 Å². The molecule has 1 aliphatic heterocycles. The summed E-state index contributed by atoms with van der Waals surface area (Å²) in [5.74, 6) is 0.455. The molecule has 1 atom stereocenters. The molecule has 3 rings (SSSR count). The quantitative estimate of drug-likeness (QED) is 0.807. The normalized spacial score (nSPS) is 14.9. The largest absolute Gasteiger partial charge is 0.482 e. The van der Waals surface area contributed by atoms with Crippen molar-refractivity contribution in [3.05, 3.63) is 57.6 Å². The lowest BCUT2D eigenvalue weighted by molar-refractivity contribution is -0.118. The molecule has 1 amide bonds. The zero-order valence-corrected chi connectivity index (χ0v) is 13.0. The molecule has 0 radical (unpaired) electrons. The molecule has 2 aromatic rings. The molecule has 1 heterocycles. The van der Waals surface area contributed by atoms with Gasteiger partial charge in [0.05, 0.1) is 21.1 Å². The van der Waals surface area contributed by atoms with Gasteiger partial charge in [-0.2, -0.15) is 0 Å². The number of nitrogens with one attached hydrogen (secondary N) is 1. The first kappa shape index (κ1) is 14.5. The maximum atomic E-state index is 11.4. The summed E-state index contributed by atoms with van der Waals surface area (Å²) in [5.41, 5.74) is 2.28. The predicted octanol–water partition coefficient (Wildman–Crippen LogP) is 4.65. The number of amides is 1. The standard InChI is InChI=1S/C15H10Cl3NO2/c16-10-3-1-8(5-11(10)17)15(18)9-2-4-13-12(6-9)19-14(20)7-21-13/h1-6,15H,7H2,(H,19,20). The molecule has 21 heavy (non-hydrogen) atoms. The van der Waals surface area contributed by atoms with Crippen molar-refractivity contribution in [2.75, 3.05) is 11.9 Å². The lowest BCUT2D eigenvalue weighted by Crippen LogP contribution is -2.25. The Morgan fingerprint density at radius 1 is 1.05 bits per heavy atom. The highest BCUT2D eigenvalue weighted by atomic mass is 35.5. The van der Waals surface area contributed by atoms with E-state index in [2.05, 4.69) is 5.32 Å². The Labute approximate surface area is 136 Å². The average Bonchev–Trinajstić information content (AvgIpc) is 2.48. The van der Waals surface area contributed by atoms with Gasteiger partial charge < -0.3 is 10.1 Å². The third kappa shape index (κ3) is 2.95. The van der Waals surface area contributed by atoms with Crippen LogP contribution in [-0.2, 0) is 4.79 Å². The van der Waals surface area contributed by atoms with Crippen LogP contribution in [-0.4, -0.2) is 12.5 Å². The van der Waals surface area contributed by atoms with Gasteiger partial charge in [-0.05, 0) is 35.4 Å². The van der Waals surface area contributed by atoms with Gasteiger partial charge >= 0.3 is 0 Å². The number of carbonyl (C=O) groups excluding carboxylic acids is 1. The number of rotatable bonds is 2. The smallest absolute Gasteiger partial charge is 0.262 e. The van der Waals surface area contributed by atoms with E-state index in [4.69, 9.17) is 39.5 Å². The first-order chi connectivity index (χ1) is 10.0. The highest BCUT2D eigenvalue weighted by Crippen LogP contribution is 2.37. The number of hydrogen-bond acceptors (Lipinski definition) is 2. The lowest BCUT2D eigenvalue weighted by Gasteiger charge is -2.20. The minimum Gasteiger partial charge on any atom is -0.482 e. The molecule has 0 spiro atoms. The Hall–Kier alpha value is -1.42. The van der Waals surface area contributed by atoms with Crippen LogP contribution in [0.4, 0.5) is 5.69 Å². The highest BCUT2D eigenvalue weighted by Gasteiger charge is 2.19. The van der Waals surface area contributed by atoms with Crippen LogP contribution in [0.1, 0.15) is 16.5 Å². The second kappa shape index (κ2) is 5.76. The summed E-state index contributed by atoms with van der Waals surface area (Å²) in [6, 6.07) is 10.7. The monoisotopic (exact) mass is 341 g/mol. The number of hydrogen-bond donors (Lipinski definition) is 1. The fourth-order valence-electron chi connectivity index (χ4n) is 2.12. The SMILES string of the molecule is O=C1COc2ccc(C(Cl)c3ccc(Cl)c(Cl)c3)cc2N1. The number of halogens is 3. The molecule has 0 fully saturated rings. The Kier molecular flexibility index (Phi) is 3.98. The maximum Gasteiger partial charge on any atom is 0.262 e. The molecule has 1 N–H and O–H groups in total. The molecule has 0 saturated heterocycles. The van der Waals surface area contributed by atoms with Crippen LogP contribution in [0.15, 0.2) is 36.4 Å². The van der Waals surface area contributed by atoms with Crippen LogP contribution in [0.5, 0.6) is 5.75 Å². The van der Waals surface area contributed by atoms with Crippen molar-refractivity contribution < 1.29 is 9.53 Å². The van der Waals surface area contributed by atoms with E-state index in [1.165, 1.54) is 0 Å². The Bertz CT molecular complexity index is 718. The van der Waals surface area contributed by atoms with Crippen molar-refractivity contribution in [3.63, 3.8) is 0 Å². The molecule has 0 aromatic heterocycles. The molecule has 0 saturated carbocycles. The van der Waals surface area contributed by atoms with Crippen LogP contribution in [0, 0.1) is 0 Å². The van der Waals surface area contributed by atoms with Gasteiger partial charge in [0, 0.05) is 0 Å². The number of benzene rings is 2. The summed E-state index contributed by atoms with van der Waals surface area (Å²) in [7, 11) is 0. The molecule has 6 heteroatoms. The topological polar surface area (TPSA) is 38.3 Å². The van der Waals surface area contributed by atoms with E-state index >= 15 is 0 Å². The van der Waals surface area contributed by atoms with Crippen molar-refractivity contribution in [1.29, 1.82) is 0 Å². The fraction of sp³-hybridized carbons (Fsp3) is 0.133. The number of ether oxygens (including phenoxy) is 1. The van der Waals surface area contributed by atoms with Crippen LogP contribution < -0.4 is 10.1 Å². The van der Waals surface area contributed by atoms with Crippen LogP contribution in [0.2, 0.25) is 10.0 Å². The summed E-state index contributed by atoms with van der Waals surface area (Å²) in [4.78, 5) is 11.4. The first-order valence-electron chi connectivity index (χ1n) is 6.20. The number of carbonyl (C=O) groups is 1. The fourth-order valence-corrected chi connectivity index (χ4v) is 2.70. The molecule has 108 valence electrons. The minimum atomic E-state index is -0.399. The van der Waals surface area contributed by atoms with Gasteiger partial charge in [0.1, 0.15) is 5.75 Å². The van der Waals surface area contributed by atoms with E-state index in [-0.39, 0.29) is 12.5 Å². The third-order valence-electron chi connectivity index (χ3n) is 3.17. The molecule has 1 aliphatic rings. The summed E-state index contributed by atoms with van der Waals surface area (Å²) in [5, 5.41) is 3.29. The maximum absolute atomic E-state index is 11.4. The average molecular weight is 343 g/mol. The number of alkyl halides is 1. The third-order valence-corrected chi connectivity index (χ3v) is 4.41. The van der Waals surface area contributed by atoms with E-state index in [0.717, 1.165) is 11.1 Å². The van der Waals surface area contributed by atoms with Gasteiger partial charge in [0.25, 0.3) is 5.91 Å². The highest BCUT2D eigenvalue weighted by molar-refractivity contribution is 6.42. The van der Waals surface area contributed by atoms with E-state index < -0.39 is 5.38 Å². The van der Waals surface area contributed by atoms with Gasteiger partial charge in [-0.25, -0.2) is 0 Å². The van der Waals surface area contributed by atoms with Crippen molar-refractivity contribution in [1.82, 2.24) is 0 Å². The Balaban J connectivity index is 1.94. The zero-order valence-electron chi connectivity index (χ0n) is 10.7. The van der Waals surface area contributed by atoms with Crippen molar-refractivity contribution in [3.8, 4) is 5.75 Å². The zero-order chi connectivity index (χ0) is 15.0. The lowest BCUT2D eigenvalue weighted by atomic mass is 10.0. The molecule has 1 unspecified atom stereocenters. The summed E-state index contributed by atoms with van der Waals surface area (Å²) in [6.45, 7) is 0.0312. The van der Waals surface area contributed by atoms with E-state index in [1.54, 1.807) is 24.3 Å². The van der Waals surface area contributed by atoms with Gasteiger partial charge in [-0.1, -0.05) is 35.3 Å². The van der Waals surface area contributed by atoms with Crippen molar-refractivity contribution in [2.45, 2.75) is 5.38 Å². The molecule has 0 aliphatic carbocycles. The van der Waals surface area contributed by atoms with Crippen molar-refractivity contribution >= 4 is 46.4 Å². The van der Waals surface area contributed by atoms with Crippen molar-refractivity contribution in [2.24, 2.45) is 0 Å². The Morgan fingerprint density at radius 2 is 1.76 bits per heavy atom. The minimum absolute atomic E-state index is 0.0312. The first-order valence-corrected chi connectivity index (χ1v) is 7.39. The predicted molar refractivity (Wildman–Crippen MR) is 84.7 cm³/mol. The Morgan fingerprint density at radius 3 is 2.52 bits per heavy atom. The molecular formula is C15H10Cl3NO2. The van der Waals surface area contributed by atoms with E-state index in [1.807, 2.05) is 12.1 Å². The molecular weight excluding hydrogens is 333 g/mol. The van der Waals surface area contributed by atoms with Gasteiger partial charge in [-0.3, -0.25) is 4.79 Å². The summed E-state index contributed by atoms with van der Waals surface area (Å²) >= 11 is 18.4. The summed E-state index contributed by atoms with van der Waals surface area (Å²) in [6.07, 6.45) is 0. The van der Waals surface area contributed by atoms with Crippen LogP contribution in [0.3, 0.4) is 0 Å². The second-order valence-electron chi connectivity index (χ2n) is 4.63. The van der Waals surface area contributed by atoms with E-state index in [9.17, 15) is 4.79 Å². The van der Waals surface area contributed by atoms with E-state index in [0.29, 0.717) is 21.5 Å². The van der Waals surface area contributed by atoms with Gasteiger partial charge in [0.2, 0.25) is 0 Å². The molecule has 3 nitrogen and oxygen atoms in total. The number of fused-ring (bicyclic) bond motifs is 1. The van der Waals surface area contributed by atoms with Crippen LogP contribution in [0.25, 0.3) is 0 Å². The second-order valence-corrected chi connectivity index (χ2v) is 5.88.